The van der Waals surface area contributed by atoms with Crippen LogP contribution in [-0.2, 0) is 0 Å². The Balaban J connectivity index is 2.05. The molecule has 3 aliphatic rings. The number of nitrogens with zero attached hydrogens (tertiary/aromatic N) is 4. The van der Waals surface area contributed by atoms with Gasteiger partial charge in [0.2, 0.25) is 0 Å². The molecule has 0 aromatic rings. The van der Waals surface area contributed by atoms with Crippen molar-refractivity contribution in [3.05, 3.63) is 23.8 Å². The van der Waals surface area contributed by atoms with E-state index in [0.29, 0.717) is 11.0 Å². The third-order valence-electron chi connectivity index (χ3n) is 3.81. The summed E-state index contributed by atoms with van der Waals surface area (Å²) >= 11 is 3.47. The highest BCUT2D eigenvalue weighted by atomic mass is 79.9. The van der Waals surface area contributed by atoms with Crippen LogP contribution in [0, 0.1) is 0 Å². The number of hydrogen-bond acceptors (Lipinski definition) is 4. The fraction of sp³-hybridized carbons (Fsp3) is 0.417. The predicted octanol–water partition coefficient (Wildman–Crippen LogP) is 0.772. The first-order valence-corrected chi connectivity index (χ1v) is 6.87. The summed E-state index contributed by atoms with van der Waals surface area (Å²) in [5.41, 5.74) is 1.68. The second-order valence-electron chi connectivity index (χ2n) is 4.92. The number of amides is 1. The highest BCUT2D eigenvalue weighted by molar-refractivity contribution is 9.18. The van der Waals surface area contributed by atoms with Crippen molar-refractivity contribution in [2.45, 2.75) is 18.9 Å². The summed E-state index contributed by atoms with van der Waals surface area (Å²) in [6.07, 6.45) is 5.85. The molecule has 1 amide bonds. The first-order valence-electron chi connectivity index (χ1n) is 6.08. The van der Waals surface area contributed by atoms with Crippen molar-refractivity contribution < 1.29 is 14.4 Å². The SMILES string of the molecule is C[N+]12C=CN=CC1=C(C1CCCN1C(=O)[O-])N=C2Br. The number of carbonyl (C=O) groups is 1. The lowest BCUT2D eigenvalue weighted by molar-refractivity contribution is -0.709. The molecule has 0 aromatic carbocycles. The lowest BCUT2D eigenvalue weighted by Crippen LogP contribution is -2.45. The maximum atomic E-state index is 11.2. The fourth-order valence-corrected chi connectivity index (χ4v) is 3.23. The standard InChI is InChI=1S/C12H13BrN4O2/c1-17-6-4-14-7-9(17)10(15-11(17)13)8-3-2-5-16(8)12(18)19/h4,6-8H,2-3,5H2,1H3. The summed E-state index contributed by atoms with van der Waals surface area (Å²) in [7, 11) is 1.98. The molecule has 0 aromatic heterocycles. The molecule has 3 aliphatic heterocycles. The number of likely N-dealkylation sites (tertiary alicyclic amines) is 1. The number of fused-ring (bicyclic) bond motifs is 1. The average Bonchev–Trinajstić information content (AvgIpc) is 2.93. The zero-order chi connectivity index (χ0) is 13.6. The minimum atomic E-state index is -1.13. The van der Waals surface area contributed by atoms with Crippen molar-refractivity contribution in [1.29, 1.82) is 0 Å². The van der Waals surface area contributed by atoms with Gasteiger partial charge in [0, 0.05) is 22.5 Å². The van der Waals surface area contributed by atoms with Crippen LogP contribution < -0.4 is 5.11 Å². The van der Waals surface area contributed by atoms with Gasteiger partial charge in [-0.1, -0.05) is 0 Å². The summed E-state index contributed by atoms with van der Waals surface area (Å²) in [5, 5.41) is 11.2. The Morgan fingerprint density at radius 1 is 1.63 bits per heavy atom. The van der Waals surface area contributed by atoms with Gasteiger partial charge < -0.3 is 14.8 Å². The maximum absolute atomic E-state index is 11.2. The lowest BCUT2D eigenvalue weighted by Gasteiger charge is -2.28. The molecule has 1 saturated heterocycles. The van der Waals surface area contributed by atoms with Crippen molar-refractivity contribution in [3.8, 4) is 0 Å². The van der Waals surface area contributed by atoms with E-state index in [1.54, 1.807) is 12.4 Å². The first-order chi connectivity index (χ1) is 9.04. The molecule has 0 spiro atoms. The molecule has 2 unspecified atom stereocenters. The Kier molecular flexibility index (Phi) is 2.83. The molecule has 19 heavy (non-hydrogen) atoms. The summed E-state index contributed by atoms with van der Waals surface area (Å²) in [4.78, 5) is 21.2. The minimum Gasteiger partial charge on any atom is -0.530 e. The Morgan fingerprint density at radius 2 is 2.42 bits per heavy atom. The number of allylic oxidation sites excluding steroid dienone is 1. The maximum Gasteiger partial charge on any atom is 0.281 e. The van der Waals surface area contributed by atoms with Crippen LogP contribution in [0.3, 0.4) is 0 Å². The predicted molar refractivity (Wildman–Crippen MR) is 72.3 cm³/mol. The Bertz CT molecular complexity index is 566. The van der Waals surface area contributed by atoms with E-state index in [2.05, 4.69) is 25.9 Å². The van der Waals surface area contributed by atoms with Gasteiger partial charge in [0.25, 0.3) is 4.74 Å². The Hall–Kier alpha value is -1.47. The van der Waals surface area contributed by atoms with Crippen LogP contribution in [0.1, 0.15) is 12.8 Å². The van der Waals surface area contributed by atoms with E-state index >= 15 is 0 Å². The van der Waals surface area contributed by atoms with E-state index in [1.807, 2.05) is 13.2 Å². The molecule has 0 N–H and O–H groups in total. The van der Waals surface area contributed by atoms with E-state index in [0.717, 1.165) is 29.0 Å². The highest BCUT2D eigenvalue weighted by Crippen LogP contribution is 2.37. The van der Waals surface area contributed by atoms with E-state index in [4.69, 9.17) is 0 Å². The summed E-state index contributed by atoms with van der Waals surface area (Å²) in [5.74, 6) is 0. The van der Waals surface area contributed by atoms with Gasteiger partial charge in [0.1, 0.15) is 18.0 Å². The monoisotopic (exact) mass is 324 g/mol. The van der Waals surface area contributed by atoms with Crippen LogP contribution in [0.15, 0.2) is 33.8 Å². The average molecular weight is 325 g/mol. The molecule has 6 nitrogen and oxygen atoms in total. The van der Waals surface area contributed by atoms with Crippen LogP contribution in [0.5, 0.6) is 0 Å². The van der Waals surface area contributed by atoms with Crippen molar-refractivity contribution in [3.63, 3.8) is 0 Å². The summed E-state index contributed by atoms with van der Waals surface area (Å²) in [6.45, 7) is 0.508. The second-order valence-corrected chi connectivity index (χ2v) is 5.63. The van der Waals surface area contributed by atoms with Gasteiger partial charge in [0.15, 0.2) is 5.70 Å². The Labute approximate surface area is 119 Å². The Morgan fingerprint density at radius 3 is 3.16 bits per heavy atom. The molecule has 0 aliphatic carbocycles. The first kappa shape index (κ1) is 12.6. The van der Waals surface area contributed by atoms with Crippen LogP contribution in [0.4, 0.5) is 4.79 Å². The fourth-order valence-electron chi connectivity index (χ4n) is 2.73. The van der Waals surface area contributed by atoms with Crippen molar-refractivity contribution >= 4 is 33.0 Å². The van der Waals surface area contributed by atoms with Crippen molar-refractivity contribution in [2.24, 2.45) is 9.98 Å². The number of quaternary nitrogens is 1. The molecular formula is C12H13BrN4O2. The number of halogens is 1. The van der Waals surface area contributed by atoms with Crippen LogP contribution in [0.2, 0.25) is 0 Å². The van der Waals surface area contributed by atoms with Gasteiger partial charge in [-0.05, 0) is 12.8 Å². The number of amidine groups is 1. The van der Waals surface area contributed by atoms with Crippen LogP contribution in [-0.4, -0.2) is 46.1 Å². The third kappa shape index (κ3) is 1.76. The number of rotatable bonds is 1. The molecule has 1 fully saturated rings. The van der Waals surface area contributed by atoms with Crippen molar-refractivity contribution in [2.75, 3.05) is 13.6 Å². The third-order valence-corrected chi connectivity index (χ3v) is 4.72. The van der Waals surface area contributed by atoms with Gasteiger partial charge >= 0.3 is 0 Å². The molecular weight excluding hydrogens is 312 g/mol. The van der Waals surface area contributed by atoms with E-state index in [-0.39, 0.29) is 6.04 Å². The number of carbonyl (C=O) groups excluding carboxylic acids is 1. The molecule has 100 valence electrons. The van der Waals surface area contributed by atoms with Gasteiger partial charge in [-0.15, -0.1) is 0 Å². The smallest absolute Gasteiger partial charge is 0.281 e. The van der Waals surface area contributed by atoms with E-state index in [1.165, 1.54) is 4.90 Å². The van der Waals surface area contributed by atoms with E-state index in [9.17, 15) is 9.90 Å². The van der Waals surface area contributed by atoms with Crippen LogP contribution >= 0.6 is 15.9 Å². The second kappa shape index (κ2) is 4.28. The number of hydrogen-bond donors (Lipinski definition) is 0. The summed E-state index contributed by atoms with van der Waals surface area (Å²) < 4.78 is 1.14. The largest absolute Gasteiger partial charge is 0.530 e. The quantitative estimate of drug-likeness (QED) is 0.528. The molecule has 7 heteroatoms. The zero-order valence-corrected chi connectivity index (χ0v) is 12.0. The minimum absolute atomic E-state index is 0.231. The topological polar surface area (TPSA) is 68.1 Å². The molecule has 3 rings (SSSR count). The van der Waals surface area contributed by atoms with Crippen molar-refractivity contribution in [1.82, 2.24) is 4.90 Å². The molecule has 0 radical (unpaired) electrons. The molecule has 2 atom stereocenters. The number of carboxylic acid groups (broad SMARTS) is 1. The van der Waals surface area contributed by atoms with Gasteiger partial charge in [0.05, 0.1) is 25.5 Å². The van der Waals surface area contributed by atoms with Gasteiger partial charge in [-0.2, -0.15) is 4.99 Å². The zero-order valence-electron chi connectivity index (χ0n) is 10.4. The number of aliphatic imine (C=N–C) groups is 2. The van der Waals surface area contributed by atoms with Gasteiger partial charge in [-0.3, -0.25) is 4.99 Å². The molecule has 3 heterocycles. The van der Waals surface area contributed by atoms with Crippen LogP contribution in [0.25, 0.3) is 0 Å². The highest BCUT2D eigenvalue weighted by Gasteiger charge is 2.44. The molecule has 0 saturated carbocycles. The summed E-state index contributed by atoms with van der Waals surface area (Å²) in [6, 6.07) is -0.231. The van der Waals surface area contributed by atoms with E-state index < -0.39 is 6.09 Å². The normalized spacial score (nSPS) is 32.8. The van der Waals surface area contributed by atoms with Gasteiger partial charge in [-0.25, -0.2) is 4.48 Å². The molecule has 0 bridgehead atoms. The lowest BCUT2D eigenvalue weighted by atomic mass is 10.1.